The summed E-state index contributed by atoms with van der Waals surface area (Å²) in [5.41, 5.74) is 0.316. The number of carbonyl (C=O) groups is 2. The fourth-order valence-electron chi connectivity index (χ4n) is 5.53. The fourth-order valence-corrected chi connectivity index (χ4v) is 7.05. The average Bonchev–Trinajstić information content (AvgIpc) is 3.17. The molecule has 1 atom stereocenters. The molecule has 2 aliphatic heterocycles. The van der Waals surface area contributed by atoms with Gasteiger partial charge in [-0.05, 0) is 44.6 Å². The number of nitrogens with one attached hydrogen (secondary N) is 2. The maximum absolute atomic E-state index is 13.3. The molecule has 2 saturated heterocycles. The lowest BCUT2D eigenvalue weighted by molar-refractivity contribution is -0.126. The highest BCUT2D eigenvalue weighted by Gasteiger charge is 2.35. The summed E-state index contributed by atoms with van der Waals surface area (Å²) in [4.78, 5) is 30.7. The van der Waals surface area contributed by atoms with Gasteiger partial charge in [-0.25, -0.2) is 8.42 Å². The quantitative estimate of drug-likeness (QED) is 0.655. The lowest BCUT2D eigenvalue weighted by atomic mass is 9.94. The second-order valence-electron chi connectivity index (χ2n) is 10.2. The molecule has 0 radical (unpaired) electrons. The normalized spacial score (nSPS) is 24.1. The van der Waals surface area contributed by atoms with Gasteiger partial charge < -0.3 is 15.2 Å². The van der Waals surface area contributed by atoms with Crippen molar-refractivity contribution in [3.63, 3.8) is 0 Å². The molecular weight excluding hydrogens is 452 g/mol. The maximum atomic E-state index is 13.3. The summed E-state index contributed by atoms with van der Waals surface area (Å²) in [6, 6.07) is 1.66. The van der Waals surface area contributed by atoms with Crippen molar-refractivity contribution >= 4 is 21.8 Å². The number of hydrogen-bond donors (Lipinski definition) is 2. The molecule has 190 valence electrons. The van der Waals surface area contributed by atoms with E-state index in [2.05, 4.69) is 10.3 Å². The number of likely N-dealkylation sites (tertiary alicyclic amines) is 1. The van der Waals surface area contributed by atoms with Gasteiger partial charge in [-0.1, -0.05) is 44.9 Å². The van der Waals surface area contributed by atoms with Crippen LogP contribution in [-0.2, 0) is 14.8 Å². The molecular formula is C25H40N4O4S. The summed E-state index contributed by atoms with van der Waals surface area (Å²) < 4.78 is 28.1. The van der Waals surface area contributed by atoms with Gasteiger partial charge in [-0.15, -0.1) is 0 Å². The lowest BCUT2D eigenvalue weighted by Gasteiger charge is -2.32. The first-order valence-electron chi connectivity index (χ1n) is 13.2. The maximum Gasteiger partial charge on any atom is 0.270 e. The van der Waals surface area contributed by atoms with E-state index in [1.165, 1.54) is 35.8 Å². The topological polar surface area (TPSA) is 103 Å². The second-order valence-corrected chi connectivity index (χ2v) is 12.1. The summed E-state index contributed by atoms with van der Waals surface area (Å²) in [5, 5.41) is 3.21. The molecule has 4 rings (SSSR count). The molecule has 9 heteroatoms. The monoisotopic (exact) mass is 492 g/mol. The average molecular weight is 493 g/mol. The number of amides is 2. The van der Waals surface area contributed by atoms with Crippen LogP contribution in [0.25, 0.3) is 0 Å². The van der Waals surface area contributed by atoms with E-state index in [1.54, 1.807) is 0 Å². The number of nitrogens with zero attached hydrogens (tertiary/aromatic N) is 2. The molecule has 0 unspecified atom stereocenters. The highest BCUT2D eigenvalue weighted by molar-refractivity contribution is 7.89. The van der Waals surface area contributed by atoms with Crippen LogP contribution in [0, 0.1) is 5.92 Å². The summed E-state index contributed by atoms with van der Waals surface area (Å²) in [6.07, 6.45) is 15.0. The molecule has 8 nitrogen and oxygen atoms in total. The third-order valence-electron chi connectivity index (χ3n) is 7.62. The Morgan fingerprint density at radius 3 is 2.21 bits per heavy atom. The van der Waals surface area contributed by atoms with E-state index in [-0.39, 0.29) is 35.2 Å². The van der Waals surface area contributed by atoms with Crippen molar-refractivity contribution < 1.29 is 18.0 Å². The van der Waals surface area contributed by atoms with Crippen LogP contribution in [0.2, 0.25) is 0 Å². The molecule has 0 bridgehead atoms. The van der Waals surface area contributed by atoms with Crippen molar-refractivity contribution in [2.24, 2.45) is 5.92 Å². The SMILES string of the molecule is O=C(NC1CCCCCCC1)[C@@H]1CCCN(S(=O)(=O)c2c[nH]c(C(=O)N3CCCCCC3)c2)C1. The number of sulfonamides is 1. The van der Waals surface area contributed by atoms with Crippen molar-refractivity contribution in [1.29, 1.82) is 0 Å². The number of hydrogen-bond acceptors (Lipinski definition) is 4. The van der Waals surface area contributed by atoms with Crippen molar-refractivity contribution in [1.82, 2.24) is 19.5 Å². The second kappa shape index (κ2) is 11.7. The van der Waals surface area contributed by atoms with Crippen LogP contribution in [0.1, 0.15) is 94.0 Å². The van der Waals surface area contributed by atoms with Crippen molar-refractivity contribution in [2.75, 3.05) is 26.2 Å². The Morgan fingerprint density at radius 2 is 1.50 bits per heavy atom. The van der Waals surface area contributed by atoms with E-state index >= 15 is 0 Å². The Hall–Kier alpha value is -1.87. The zero-order chi connectivity index (χ0) is 24.0. The Bertz CT molecular complexity index is 928. The zero-order valence-corrected chi connectivity index (χ0v) is 21.1. The van der Waals surface area contributed by atoms with E-state index in [4.69, 9.17) is 0 Å². The minimum atomic E-state index is -3.77. The smallest absolute Gasteiger partial charge is 0.270 e. The molecule has 1 aromatic rings. The Morgan fingerprint density at radius 1 is 0.853 bits per heavy atom. The number of aromatic amines is 1. The largest absolute Gasteiger partial charge is 0.356 e. The molecule has 2 N–H and O–H groups in total. The van der Waals surface area contributed by atoms with Crippen LogP contribution >= 0.6 is 0 Å². The molecule has 1 saturated carbocycles. The highest BCUT2D eigenvalue weighted by Crippen LogP contribution is 2.26. The van der Waals surface area contributed by atoms with Crippen molar-refractivity contribution in [3.8, 4) is 0 Å². The van der Waals surface area contributed by atoms with Crippen LogP contribution in [0.5, 0.6) is 0 Å². The van der Waals surface area contributed by atoms with E-state index in [0.717, 1.165) is 51.4 Å². The minimum absolute atomic E-state index is 0.0171. The third kappa shape index (κ3) is 6.22. The summed E-state index contributed by atoms with van der Waals surface area (Å²) in [7, 11) is -3.77. The standard InChI is InChI=1S/C25H40N4O4S/c30-24(27-21-12-6-2-1-3-7-13-21)20-11-10-16-29(19-20)34(32,33)22-17-23(26-18-22)25(31)28-14-8-4-5-9-15-28/h17-18,20-21,26H,1-16,19H2,(H,27,30)/t20-/m1/s1. The van der Waals surface area contributed by atoms with Crippen molar-refractivity contribution in [2.45, 2.75) is 94.4 Å². The number of H-pyrrole nitrogens is 1. The van der Waals surface area contributed by atoms with Gasteiger partial charge in [0.05, 0.1) is 5.92 Å². The van der Waals surface area contributed by atoms with Crippen molar-refractivity contribution in [3.05, 3.63) is 18.0 Å². The van der Waals surface area contributed by atoms with E-state index in [1.807, 2.05) is 4.90 Å². The molecule has 1 aromatic heterocycles. The fraction of sp³-hybridized carbons (Fsp3) is 0.760. The predicted octanol–water partition coefficient (Wildman–Crippen LogP) is 3.66. The van der Waals surface area contributed by atoms with Gasteiger partial charge in [0.2, 0.25) is 15.9 Å². The first-order valence-corrected chi connectivity index (χ1v) is 14.7. The Labute approximate surface area is 203 Å². The number of rotatable bonds is 5. The minimum Gasteiger partial charge on any atom is -0.356 e. The summed E-state index contributed by atoms with van der Waals surface area (Å²) in [5.74, 6) is -0.485. The van der Waals surface area contributed by atoms with E-state index < -0.39 is 10.0 Å². The molecule has 3 heterocycles. The first-order chi connectivity index (χ1) is 16.4. The zero-order valence-electron chi connectivity index (χ0n) is 20.3. The number of carbonyl (C=O) groups excluding carboxylic acids is 2. The van der Waals surface area contributed by atoms with Gasteiger partial charge in [0, 0.05) is 38.4 Å². The lowest BCUT2D eigenvalue weighted by Crippen LogP contribution is -2.47. The van der Waals surface area contributed by atoms with Gasteiger partial charge in [0.1, 0.15) is 10.6 Å². The number of piperidine rings is 1. The van der Waals surface area contributed by atoms with Gasteiger partial charge >= 0.3 is 0 Å². The van der Waals surface area contributed by atoms with Gasteiger partial charge in [0.15, 0.2) is 0 Å². The molecule has 0 aromatic carbocycles. The van der Waals surface area contributed by atoms with Crippen LogP contribution in [0.3, 0.4) is 0 Å². The third-order valence-corrected chi connectivity index (χ3v) is 9.47. The molecule has 3 fully saturated rings. The molecule has 34 heavy (non-hydrogen) atoms. The Kier molecular flexibility index (Phi) is 8.69. The van der Waals surface area contributed by atoms with Gasteiger partial charge in [-0.2, -0.15) is 4.31 Å². The van der Waals surface area contributed by atoms with Gasteiger partial charge in [0.25, 0.3) is 5.91 Å². The van der Waals surface area contributed by atoms with Crippen LogP contribution in [-0.4, -0.2) is 66.6 Å². The summed E-state index contributed by atoms with van der Waals surface area (Å²) >= 11 is 0. The van der Waals surface area contributed by atoms with Gasteiger partial charge in [-0.3, -0.25) is 9.59 Å². The highest BCUT2D eigenvalue weighted by atomic mass is 32.2. The molecule has 0 spiro atoms. The summed E-state index contributed by atoms with van der Waals surface area (Å²) in [6.45, 7) is 2.02. The van der Waals surface area contributed by atoms with E-state index in [9.17, 15) is 18.0 Å². The predicted molar refractivity (Wildman–Crippen MR) is 131 cm³/mol. The van der Waals surface area contributed by atoms with Crippen LogP contribution < -0.4 is 5.32 Å². The molecule has 2 amide bonds. The first kappa shape index (κ1) is 25.2. The van der Waals surface area contributed by atoms with Crippen LogP contribution in [0.15, 0.2) is 17.2 Å². The van der Waals surface area contributed by atoms with E-state index in [0.29, 0.717) is 38.2 Å². The molecule has 3 aliphatic rings. The van der Waals surface area contributed by atoms with Crippen LogP contribution in [0.4, 0.5) is 0 Å². The Balaban J connectivity index is 1.38. The molecule has 1 aliphatic carbocycles. The number of aromatic nitrogens is 1.